The number of esters is 1. The highest BCUT2D eigenvalue weighted by Crippen LogP contribution is 2.25. The topological polar surface area (TPSA) is 104 Å². The lowest BCUT2D eigenvalue weighted by atomic mass is 9.99. The van der Waals surface area contributed by atoms with Crippen LogP contribution in [0.4, 0.5) is 0 Å². The Morgan fingerprint density at radius 3 is 2.48 bits per heavy atom. The minimum atomic E-state index is -1.18. The number of aliphatic hydroxyl groups excluding tert-OH is 2. The first-order chi connectivity index (χ1) is 13.0. The van der Waals surface area contributed by atoms with Gasteiger partial charge in [0.15, 0.2) is 6.29 Å². The van der Waals surface area contributed by atoms with Crippen LogP contribution >= 0.6 is 0 Å². The molecule has 0 amide bonds. The zero-order valence-corrected chi connectivity index (χ0v) is 16.0. The van der Waals surface area contributed by atoms with Crippen molar-refractivity contribution in [2.45, 2.75) is 56.4 Å². The van der Waals surface area contributed by atoms with E-state index in [4.69, 9.17) is 18.9 Å². The largest absolute Gasteiger partial charge is 0.469 e. The first-order valence-electron chi connectivity index (χ1n) is 9.16. The minimum absolute atomic E-state index is 0.0947. The van der Waals surface area contributed by atoms with Crippen LogP contribution < -0.4 is 0 Å². The molecule has 0 radical (unpaired) electrons. The molecule has 5 atom stereocenters. The van der Waals surface area contributed by atoms with Crippen molar-refractivity contribution in [1.29, 1.82) is 0 Å². The molecule has 1 aliphatic heterocycles. The van der Waals surface area contributed by atoms with Crippen molar-refractivity contribution in [2.24, 2.45) is 0 Å². The van der Waals surface area contributed by atoms with Gasteiger partial charge < -0.3 is 33.9 Å². The van der Waals surface area contributed by atoms with Gasteiger partial charge in [-0.1, -0.05) is 18.6 Å². The molecule has 1 heterocycles. The second-order valence-corrected chi connectivity index (χ2v) is 6.19. The highest BCUT2D eigenvalue weighted by molar-refractivity contribution is 5.68. The molecule has 1 aliphatic rings. The van der Waals surface area contributed by atoms with Gasteiger partial charge >= 0.3 is 5.97 Å². The van der Waals surface area contributed by atoms with E-state index in [-0.39, 0.29) is 19.2 Å². The second-order valence-electron chi connectivity index (χ2n) is 6.19. The van der Waals surface area contributed by atoms with Gasteiger partial charge in [0.1, 0.15) is 24.4 Å². The van der Waals surface area contributed by atoms with Gasteiger partial charge in [0.05, 0.1) is 26.9 Å². The van der Waals surface area contributed by atoms with Crippen molar-refractivity contribution in [1.82, 2.24) is 0 Å². The van der Waals surface area contributed by atoms with Crippen LogP contribution in [0.5, 0.6) is 0 Å². The van der Waals surface area contributed by atoms with Crippen LogP contribution in [0.25, 0.3) is 0 Å². The maximum Gasteiger partial charge on any atom is 0.305 e. The van der Waals surface area contributed by atoms with Gasteiger partial charge in [0.25, 0.3) is 0 Å². The number of hydrogen-bond acceptors (Lipinski definition) is 8. The Kier molecular flexibility index (Phi) is 12.2. The number of methoxy groups -OCH3 is 1. The number of carbonyl (C=O) groups excluding carboxylic acids is 1. The summed E-state index contributed by atoms with van der Waals surface area (Å²) < 4.78 is 26.9. The first kappa shape index (κ1) is 23.7. The standard InChI is InChI=1S/C19H32O8/c1-4-10-24-13-14-16(21)17(22)18(25-11-5-2)19(27-14)26-12-8-6-7-9-15(20)23-3/h4-5,14,16-19,21-22H,1-2,6-13H2,3H3/t14-,16+,17+,18-,19-/m1/s1. The van der Waals surface area contributed by atoms with Crippen LogP contribution in [0.15, 0.2) is 25.3 Å². The fourth-order valence-corrected chi connectivity index (χ4v) is 2.65. The predicted octanol–water partition coefficient (Wildman–Crippen LogP) is 0.957. The molecule has 0 unspecified atom stereocenters. The zero-order valence-electron chi connectivity index (χ0n) is 16.0. The minimum Gasteiger partial charge on any atom is -0.469 e. The summed E-state index contributed by atoms with van der Waals surface area (Å²) in [5, 5.41) is 20.6. The average Bonchev–Trinajstić information content (AvgIpc) is 2.67. The summed E-state index contributed by atoms with van der Waals surface area (Å²) in [7, 11) is 1.37. The lowest BCUT2D eigenvalue weighted by Gasteiger charge is -2.42. The molecule has 1 fully saturated rings. The zero-order chi connectivity index (χ0) is 20.1. The molecule has 0 aromatic rings. The van der Waals surface area contributed by atoms with E-state index < -0.39 is 30.7 Å². The van der Waals surface area contributed by atoms with Crippen LogP contribution in [0.3, 0.4) is 0 Å². The Morgan fingerprint density at radius 2 is 1.81 bits per heavy atom. The van der Waals surface area contributed by atoms with Crippen molar-refractivity contribution in [3.05, 3.63) is 25.3 Å². The Balaban J connectivity index is 2.51. The molecule has 156 valence electrons. The van der Waals surface area contributed by atoms with Crippen molar-refractivity contribution in [3.63, 3.8) is 0 Å². The van der Waals surface area contributed by atoms with Gasteiger partial charge in [0.2, 0.25) is 0 Å². The van der Waals surface area contributed by atoms with E-state index in [1.807, 2.05) is 0 Å². The normalized spacial score (nSPS) is 27.9. The monoisotopic (exact) mass is 388 g/mol. The average molecular weight is 388 g/mol. The van der Waals surface area contributed by atoms with E-state index in [0.29, 0.717) is 32.5 Å². The Hall–Kier alpha value is -1.29. The van der Waals surface area contributed by atoms with E-state index in [2.05, 4.69) is 17.9 Å². The molecule has 27 heavy (non-hydrogen) atoms. The summed E-state index contributed by atoms with van der Waals surface area (Å²) in [6.07, 6.45) is 0.930. The predicted molar refractivity (Wildman–Crippen MR) is 98.1 cm³/mol. The molecule has 0 aromatic carbocycles. The summed E-state index contributed by atoms with van der Waals surface area (Å²) >= 11 is 0. The molecule has 0 aliphatic carbocycles. The fraction of sp³-hybridized carbons (Fsp3) is 0.737. The van der Waals surface area contributed by atoms with Gasteiger partial charge in [-0.05, 0) is 12.8 Å². The van der Waals surface area contributed by atoms with Crippen molar-refractivity contribution >= 4 is 5.97 Å². The molecule has 8 nitrogen and oxygen atoms in total. The van der Waals surface area contributed by atoms with Crippen LogP contribution in [0, 0.1) is 0 Å². The highest BCUT2D eigenvalue weighted by atomic mass is 16.7. The fourth-order valence-electron chi connectivity index (χ4n) is 2.65. The van der Waals surface area contributed by atoms with E-state index in [1.54, 1.807) is 12.2 Å². The quantitative estimate of drug-likeness (QED) is 0.258. The summed E-state index contributed by atoms with van der Waals surface area (Å²) in [6.45, 7) is 8.09. The van der Waals surface area contributed by atoms with E-state index in [0.717, 1.165) is 6.42 Å². The van der Waals surface area contributed by atoms with Gasteiger partial charge in [0, 0.05) is 13.0 Å². The van der Waals surface area contributed by atoms with Gasteiger partial charge in [-0.2, -0.15) is 0 Å². The summed E-state index contributed by atoms with van der Waals surface area (Å²) in [4.78, 5) is 11.1. The number of rotatable bonds is 14. The lowest BCUT2D eigenvalue weighted by Crippen LogP contribution is -2.60. The Morgan fingerprint density at radius 1 is 1.07 bits per heavy atom. The number of unbranched alkanes of at least 4 members (excludes halogenated alkanes) is 2. The molecule has 0 aromatic heterocycles. The van der Waals surface area contributed by atoms with Crippen molar-refractivity contribution in [2.75, 3.05) is 33.5 Å². The third-order valence-corrected chi connectivity index (χ3v) is 4.10. The van der Waals surface area contributed by atoms with Crippen molar-refractivity contribution < 1.29 is 38.7 Å². The van der Waals surface area contributed by atoms with Gasteiger partial charge in [-0.15, -0.1) is 13.2 Å². The molecule has 2 N–H and O–H groups in total. The lowest BCUT2D eigenvalue weighted by molar-refractivity contribution is -0.309. The molecular weight excluding hydrogens is 356 g/mol. The van der Waals surface area contributed by atoms with E-state index in [1.165, 1.54) is 7.11 Å². The smallest absolute Gasteiger partial charge is 0.305 e. The van der Waals surface area contributed by atoms with Crippen molar-refractivity contribution in [3.8, 4) is 0 Å². The van der Waals surface area contributed by atoms with Gasteiger partial charge in [-0.3, -0.25) is 4.79 Å². The Bertz CT molecular complexity index is 439. The molecule has 0 saturated carbocycles. The summed E-state index contributed by atoms with van der Waals surface area (Å²) in [6, 6.07) is 0. The molecule has 1 saturated heterocycles. The van der Waals surface area contributed by atoms with Crippen LogP contribution in [0.2, 0.25) is 0 Å². The van der Waals surface area contributed by atoms with Crippen LogP contribution in [0.1, 0.15) is 25.7 Å². The molecule has 8 heteroatoms. The molecule has 1 rings (SSSR count). The van der Waals surface area contributed by atoms with Crippen LogP contribution in [-0.2, 0) is 28.5 Å². The Labute approximate surface area is 160 Å². The molecular formula is C19H32O8. The van der Waals surface area contributed by atoms with Crippen LogP contribution in [-0.4, -0.2) is 80.4 Å². The van der Waals surface area contributed by atoms with E-state index in [9.17, 15) is 15.0 Å². The van der Waals surface area contributed by atoms with Gasteiger partial charge in [-0.25, -0.2) is 0 Å². The SMILES string of the molecule is C=CCOC[C@H]1O[C@@H](OCCCCCC(=O)OC)[C@H](OCC=C)[C@@H](O)[C@H]1O. The number of ether oxygens (including phenoxy) is 5. The maximum absolute atomic E-state index is 11.1. The third kappa shape index (κ3) is 8.50. The maximum atomic E-state index is 11.1. The third-order valence-electron chi connectivity index (χ3n) is 4.10. The molecule has 0 spiro atoms. The summed E-state index contributed by atoms with van der Waals surface area (Å²) in [5.41, 5.74) is 0. The first-order valence-corrected chi connectivity index (χ1v) is 9.16. The number of aliphatic hydroxyl groups is 2. The number of carbonyl (C=O) groups is 1. The number of hydrogen-bond donors (Lipinski definition) is 2. The van der Waals surface area contributed by atoms with E-state index >= 15 is 0 Å². The second kappa shape index (κ2) is 13.8. The summed E-state index contributed by atoms with van der Waals surface area (Å²) in [5.74, 6) is -0.233. The molecule has 0 bridgehead atoms. The highest BCUT2D eigenvalue weighted by Gasteiger charge is 2.45.